The molecule has 1 N–H and O–H groups in total. The fourth-order valence-corrected chi connectivity index (χ4v) is 4.94. The number of hydrogen-bond donors (Lipinski definition) is 1. The molecule has 0 spiro atoms. The molecule has 11 heteroatoms. The van der Waals surface area contributed by atoms with Gasteiger partial charge in [0.2, 0.25) is 0 Å². The van der Waals surface area contributed by atoms with Gasteiger partial charge in [0.25, 0.3) is 0 Å². The highest BCUT2D eigenvalue weighted by atomic mass is 32.2. The second-order valence-electron chi connectivity index (χ2n) is 7.75. The number of nitrogens with one attached hydrogen (secondary N) is 1. The second-order valence-corrected chi connectivity index (χ2v) is 8.84. The molecule has 3 saturated heterocycles. The minimum absolute atomic E-state index is 0.354. The van der Waals surface area contributed by atoms with E-state index in [1.165, 1.54) is 36.0 Å². The molecule has 4 rings (SSSR count). The number of fused-ring (bicyclic) bond motifs is 3. The lowest BCUT2D eigenvalue weighted by molar-refractivity contribution is -0.281. The predicted octanol–water partition coefficient (Wildman–Crippen LogP) is 3.21. The maximum Gasteiger partial charge on any atom is 0.417 e. The maximum absolute atomic E-state index is 14.0. The average molecular weight is 450 g/mol. The zero-order chi connectivity index (χ0) is 21.7. The second kappa shape index (κ2) is 7.94. The lowest BCUT2D eigenvalue weighted by Crippen LogP contribution is -2.62. The van der Waals surface area contributed by atoms with Crippen LogP contribution < -0.4 is 5.32 Å². The molecule has 6 nitrogen and oxygen atoms in total. The first-order valence-corrected chi connectivity index (χ1v) is 10.3. The Kier molecular flexibility index (Phi) is 5.77. The molecule has 3 aliphatic rings. The Labute approximate surface area is 175 Å². The molecule has 0 bridgehead atoms. The van der Waals surface area contributed by atoms with Crippen LogP contribution in [0, 0.1) is 5.82 Å². The number of ether oxygens (including phenoxy) is 4. The number of amidine groups is 1. The number of alkyl halides is 3. The van der Waals surface area contributed by atoms with Gasteiger partial charge in [0.1, 0.15) is 29.6 Å². The summed E-state index contributed by atoms with van der Waals surface area (Å²) in [4.78, 5) is 4.07. The van der Waals surface area contributed by atoms with E-state index in [-0.39, 0.29) is 6.61 Å². The molecular formula is C19H22F4N2O4S. The standard InChI is InChI=1S/C19H22F4N2O4S/c1-18(2)28-12-11-16(30-17(24-3)25-11)27-14(13(12)29-18)15(19(21,22)23)26-8-9-4-6-10(20)7-5-9/h4-7,11-16H,8H2,1-3H3,(H,24,25)/t11?,12?,13?,14?,15-,16?/m0/s1. The van der Waals surface area contributed by atoms with Gasteiger partial charge >= 0.3 is 6.18 Å². The lowest BCUT2D eigenvalue weighted by atomic mass is 9.94. The molecule has 166 valence electrons. The van der Waals surface area contributed by atoms with Crippen LogP contribution in [0.5, 0.6) is 0 Å². The van der Waals surface area contributed by atoms with Crippen LogP contribution in [0.3, 0.4) is 0 Å². The fourth-order valence-electron chi connectivity index (χ4n) is 3.86. The maximum atomic E-state index is 14.0. The van der Waals surface area contributed by atoms with Crippen LogP contribution in [0.25, 0.3) is 0 Å². The summed E-state index contributed by atoms with van der Waals surface area (Å²) in [5, 5.41) is 3.70. The number of hydrogen-bond acceptors (Lipinski definition) is 6. The van der Waals surface area contributed by atoms with Crippen LogP contribution in [-0.2, 0) is 25.6 Å². The van der Waals surface area contributed by atoms with Crippen molar-refractivity contribution in [1.82, 2.24) is 5.32 Å². The molecule has 0 aliphatic carbocycles. The van der Waals surface area contributed by atoms with Crippen molar-refractivity contribution in [2.45, 2.75) is 68.3 Å². The minimum Gasteiger partial charge on any atom is -0.361 e. The summed E-state index contributed by atoms with van der Waals surface area (Å²) in [5.41, 5.74) is -0.219. The molecule has 0 saturated carbocycles. The van der Waals surface area contributed by atoms with Gasteiger partial charge in [0.15, 0.2) is 17.1 Å². The van der Waals surface area contributed by atoms with E-state index in [1.54, 1.807) is 20.9 Å². The van der Waals surface area contributed by atoms with Crippen LogP contribution >= 0.6 is 11.8 Å². The average Bonchev–Trinajstić information content (AvgIpc) is 3.21. The van der Waals surface area contributed by atoms with Crippen molar-refractivity contribution in [1.29, 1.82) is 0 Å². The molecule has 30 heavy (non-hydrogen) atoms. The first-order chi connectivity index (χ1) is 14.1. The van der Waals surface area contributed by atoms with Crippen molar-refractivity contribution in [3.8, 4) is 0 Å². The number of nitrogens with zero attached hydrogens (tertiary/aromatic N) is 1. The van der Waals surface area contributed by atoms with E-state index in [1.807, 2.05) is 0 Å². The van der Waals surface area contributed by atoms with Gasteiger partial charge in [0.05, 0.1) is 12.6 Å². The van der Waals surface area contributed by atoms with Crippen molar-refractivity contribution >= 4 is 16.9 Å². The quantitative estimate of drug-likeness (QED) is 0.711. The summed E-state index contributed by atoms with van der Waals surface area (Å²) in [5.74, 6) is -1.55. The highest BCUT2D eigenvalue weighted by molar-refractivity contribution is 8.14. The molecule has 5 unspecified atom stereocenters. The van der Waals surface area contributed by atoms with Crippen LogP contribution in [0.1, 0.15) is 19.4 Å². The minimum atomic E-state index is -4.71. The van der Waals surface area contributed by atoms with Crippen LogP contribution in [0.2, 0.25) is 0 Å². The van der Waals surface area contributed by atoms with Gasteiger partial charge in [-0.15, -0.1) is 0 Å². The van der Waals surface area contributed by atoms with E-state index < -0.39 is 53.7 Å². The summed E-state index contributed by atoms with van der Waals surface area (Å²) in [7, 11) is 1.59. The van der Waals surface area contributed by atoms with Gasteiger partial charge in [-0.2, -0.15) is 13.2 Å². The van der Waals surface area contributed by atoms with Crippen molar-refractivity contribution in [3.05, 3.63) is 35.6 Å². The number of benzene rings is 1. The number of rotatable bonds is 4. The Balaban J connectivity index is 1.59. The number of halogens is 4. The van der Waals surface area contributed by atoms with Gasteiger partial charge < -0.3 is 24.3 Å². The monoisotopic (exact) mass is 450 g/mol. The highest BCUT2D eigenvalue weighted by Gasteiger charge is 2.63. The van der Waals surface area contributed by atoms with E-state index >= 15 is 0 Å². The lowest BCUT2D eigenvalue weighted by Gasteiger charge is -2.41. The Morgan fingerprint density at radius 2 is 1.87 bits per heavy atom. The summed E-state index contributed by atoms with van der Waals surface area (Å²) >= 11 is 1.21. The largest absolute Gasteiger partial charge is 0.417 e. The third-order valence-corrected chi connectivity index (χ3v) is 6.27. The number of aliphatic imine (C=N–C) groups is 1. The van der Waals surface area contributed by atoms with Crippen LogP contribution in [-0.4, -0.2) is 60.1 Å². The van der Waals surface area contributed by atoms with Gasteiger partial charge in [-0.1, -0.05) is 23.9 Å². The molecule has 1 aromatic carbocycles. The zero-order valence-corrected chi connectivity index (χ0v) is 17.3. The fraction of sp³-hybridized carbons (Fsp3) is 0.632. The SMILES string of the molecule is CN=C1NC2C(OC([C@H](OCc3ccc(F)cc3)C(F)(F)F)C3OC(C)(C)OC23)S1. The Morgan fingerprint density at radius 3 is 2.50 bits per heavy atom. The van der Waals surface area contributed by atoms with E-state index in [2.05, 4.69) is 10.3 Å². The molecule has 3 heterocycles. The Morgan fingerprint density at radius 1 is 1.20 bits per heavy atom. The normalized spacial score (nSPS) is 35.0. The first-order valence-electron chi connectivity index (χ1n) is 9.41. The van der Waals surface area contributed by atoms with Gasteiger partial charge in [-0.3, -0.25) is 4.99 Å². The van der Waals surface area contributed by atoms with E-state index in [0.717, 1.165) is 0 Å². The van der Waals surface area contributed by atoms with Crippen molar-refractivity contribution < 1.29 is 36.5 Å². The molecule has 1 aromatic rings. The summed E-state index contributed by atoms with van der Waals surface area (Å²) in [6.45, 7) is 2.94. The zero-order valence-electron chi connectivity index (χ0n) is 16.5. The molecular weight excluding hydrogens is 428 g/mol. The molecule has 3 fully saturated rings. The van der Waals surface area contributed by atoms with Gasteiger partial charge in [0, 0.05) is 7.05 Å². The van der Waals surface area contributed by atoms with E-state index in [4.69, 9.17) is 18.9 Å². The topological polar surface area (TPSA) is 61.3 Å². The third kappa shape index (κ3) is 4.31. The Bertz CT molecular complexity index is 805. The van der Waals surface area contributed by atoms with Gasteiger partial charge in [-0.25, -0.2) is 4.39 Å². The molecule has 0 radical (unpaired) electrons. The van der Waals surface area contributed by atoms with Crippen LogP contribution in [0.4, 0.5) is 17.6 Å². The van der Waals surface area contributed by atoms with Gasteiger partial charge in [-0.05, 0) is 31.5 Å². The van der Waals surface area contributed by atoms with E-state index in [9.17, 15) is 17.6 Å². The summed E-state index contributed by atoms with van der Waals surface area (Å²) in [6.07, 6.45) is -10.1. The summed E-state index contributed by atoms with van der Waals surface area (Å²) in [6, 6.07) is 4.69. The Hall–Kier alpha value is -1.40. The summed E-state index contributed by atoms with van der Waals surface area (Å²) < 4.78 is 78.0. The smallest absolute Gasteiger partial charge is 0.361 e. The number of thioether (sulfide) groups is 1. The van der Waals surface area contributed by atoms with Crippen molar-refractivity contribution in [2.24, 2.45) is 4.99 Å². The first kappa shape index (κ1) is 21.8. The van der Waals surface area contributed by atoms with E-state index in [0.29, 0.717) is 10.7 Å². The molecule has 0 amide bonds. The molecule has 6 atom stereocenters. The van der Waals surface area contributed by atoms with Crippen LogP contribution in [0.15, 0.2) is 29.3 Å². The predicted molar refractivity (Wildman–Crippen MR) is 101 cm³/mol. The molecule has 3 aliphatic heterocycles. The molecule has 0 aromatic heterocycles. The van der Waals surface area contributed by atoms with Crippen molar-refractivity contribution in [3.63, 3.8) is 0 Å². The third-order valence-electron chi connectivity index (χ3n) is 5.11. The highest BCUT2D eigenvalue weighted by Crippen LogP contribution is 2.45. The van der Waals surface area contributed by atoms with Crippen molar-refractivity contribution in [2.75, 3.05) is 7.05 Å².